The van der Waals surface area contributed by atoms with E-state index < -0.39 is 0 Å². The predicted molar refractivity (Wildman–Crippen MR) is 68.6 cm³/mol. The van der Waals surface area contributed by atoms with Crippen LogP contribution >= 0.6 is 0 Å². The van der Waals surface area contributed by atoms with Crippen molar-refractivity contribution in [2.24, 2.45) is 17.8 Å². The summed E-state index contributed by atoms with van der Waals surface area (Å²) in [4.78, 5) is 26.0. The largest absolute Gasteiger partial charge is 0.384 e. The third-order valence-electron chi connectivity index (χ3n) is 4.48. The Hall–Kier alpha value is -1.85. The van der Waals surface area contributed by atoms with E-state index in [0.29, 0.717) is 17.3 Å². The minimum Gasteiger partial charge on any atom is -0.384 e. The van der Waals surface area contributed by atoms with Gasteiger partial charge in [0, 0.05) is 5.56 Å². The number of imide groups is 1. The minimum atomic E-state index is -0.106. The van der Waals surface area contributed by atoms with E-state index in [2.05, 4.69) is 17.1 Å². The van der Waals surface area contributed by atoms with Gasteiger partial charge in [-0.25, -0.2) is 0 Å². The molecule has 1 aliphatic carbocycles. The van der Waals surface area contributed by atoms with E-state index in [4.69, 9.17) is 5.73 Å². The molecule has 1 aromatic heterocycles. The number of nitrogens with zero attached hydrogens (tertiary/aromatic N) is 2. The molecule has 2 heterocycles. The molecule has 1 saturated heterocycles. The van der Waals surface area contributed by atoms with Gasteiger partial charge in [0.15, 0.2) is 0 Å². The van der Waals surface area contributed by atoms with Crippen molar-refractivity contribution < 1.29 is 9.59 Å². The Morgan fingerprint density at radius 2 is 2.00 bits per heavy atom. The zero-order chi connectivity index (χ0) is 13.6. The van der Waals surface area contributed by atoms with Crippen LogP contribution in [0.3, 0.4) is 0 Å². The lowest BCUT2D eigenvalue weighted by atomic mass is 10.00. The van der Waals surface area contributed by atoms with Crippen LogP contribution in [0.15, 0.2) is 6.20 Å². The van der Waals surface area contributed by atoms with Gasteiger partial charge in [-0.05, 0) is 18.8 Å². The molecule has 2 aliphatic rings. The third kappa shape index (κ3) is 1.82. The summed E-state index contributed by atoms with van der Waals surface area (Å²) in [5.41, 5.74) is 6.40. The lowest BCUT2D eigenvalue weighted by Gasteiger charge is -2.16. The summed E-state index contributed by atoms with van der Waals surface area (Å²) >= 11 is 0. The molecule has 19 heavy (non-hydrogen) atoms. The number of nitrogen functional groups attached to an aromatic ring is 1. The van der Waals surface area contributed by atoms with Crippen molar-refractivity contribution in [1.82, 2.24) is 15.1 Å². The minimum absolute atomic E-state index is 0.0356. The molecule has 6 heteroatoms. The monoisotopic (exact) mass is 262 g/mol. The van der Waals surface area contributed by atoms with Crippen molar-refractivity contribution in [3.63, 3.8) is 0 Å². The summed E-state index contributed by atoms with van der Waals surface area (Å²) in [5, 5.41) is 6.43. The number of fused-ring (bicyclic) bond motifs is 1. The summed E-state index contributed by atoms with van der Waals surface area (Å²) in [6, 6.07) is 0. The normalized spacial score (nSPS) is 30.2. The van der Waals surface area contributed by atoms with Crippen molar-refractivity contribution in [1.29, 1.82) is 0 Å². The SMILES string of the molecule is CCC1CC2C(=O)N(Cc3cn[nH]c3N)C(=O)C2C1. The average Bonchev–Trinajstić information content (AvgIpc) is 3.05. The van der Waals surface area contributed by atoms with E-state index >= 15 is 0 Å². The highest BCUT2D eigenvalue weighted by Crippen LogP contribution is 2.44. The summed E-state index contributed by atoms with van der Waals surface area (Å²) in [5.74, 6) is 0.655. The Bertz CT molecular complexity index is 500. The smallest absolute Gasteiger partial charge is 0.233 e. The number of hydrogen-bond acceptors (Lipinski definition) is 4. The zero-order valence-corrected chi connectivity index (χ0v) is 10.9. The van der Waals surface area contributed by atoms with Gasteiger partial charge in [-0.15, -0.1) is 0 Å². The number of amides is 2. The summed E-state index contributed by atoms with van der Waals surface area (Å²) in [7, 11) is 0. The fourth-order valence-corrected chi connectivity index (χ4v) is 3.30. The molecule has 0 bridgehead atoms. The number of carbonyl (C=O) groups excluding carboxylic acids is 2. The van der Waals surface area contributed by atoms with Gasteiger partial charge in [0.2, 0.25) is 11.8 Å². The molecule has 2 unspecified atom stereocenters. The lowest BCUT2D eigenvalue weighted by molar-refractivity contribution is -0.141. The van der Waals surface area contributed by atoms with Crippen LogP contribution in [0, 0.1) is 17.8 Å². The molecule has 0 aromatic carbocycles. The Balaban J connectivity index is 1.78. The molecular formula is C13H18N4O2. The molecular weight excluding hydrogens is 244 g/mol. The first-order chi connectivity index (χ1) is 9.11. The van der Waals surface area contributed by atoms with Crippen molar-refractivity contribution >= 4 is 17.6 Å². The van der Waals surface area contributed by atoms with Crippen molar-refractivity contribution in [3.05, 3.63) is 11.8 Å². The molecule has 102 valence electrons. The van der Waals surface area contributed by atoms with Gasteiger partial charge in [0.25, 0.3) is 0 Å². The number of nitrogens with one attached hydrogen (secondary N) is 1. The van der Waals surface area contributed by atoms with Crippen LogP contribution in [0.25, 0.3) is 0 Å². The number of rotatable bonds is 3. The summed E-state index contributed by atoms with van der Waals surface area (Å²) in [6.07, 6.45) is 4.31. The number of aromatic nitrogens is 2. The number of likely N-dealkylation sites (tertiary alicyclic amines) is 1. The molecule has 0 radical (unpaired) electrons. The number of H-pyrrole nitrogens is 1. The first-order valence-corrected chi connectivity index (χ1v) is 6.74. The van der Waals surface area contributed by atoms with Gasteiger partial charge >= 0.3 is 0 Å². The van der Waals surface area contributed by atoms with E-state index in [1.807, 2.05) is 0 Å². The Morgan fingerprint density at radius 1 is 1.37 bits per heavy atom. The highest BCUT2D eigenvalue weighted by Gasteiger charge is 2.52. The maximum atomic E-state index is 12.3. The zero-order valence-electron chi connectivity index (χ0n) is 10.9. The van der Waals surface area contributed by atoms with Crippen LogP contribution in [-0.2, 0) is 16.1 Å². The van der Waals surface area contributed by atoms with Crippen molar-refractivity contribution in [2.45, 2.75) is 32.7 Å². The van der Waals surface area contributed by atoms with Crippen LogP contribution in [0.1, 0.15) is 31.7 Å². The number of aromatic amines is 1. The maximum absolute atomic E-state index is 12.3. The Kier molecular flexibility index (Phi) is 2.80. The van der Waals surface area contributed by atoms with E-state index in [-0.39, 0.29) is 30.2 Å². The second-order valence-corrected chi connectivity index (χ2v) is 5.53. The van der Waals surface area contributed by atoms with Crippen molar-refractivity contribution in [3.8, 4) is 0 Å². The Morgan fingerprint density at radius 3 is 2.47 bits per heavy atom. The highest BCUT2D eigenvalue weighted by atomic mass is 16.2. The predicted octanol–water partition coefficient (Wildman–Crippen LogP) is 0.913. The first kappa shape index (κ1) is 12.2. The van der Waals surface area contributed by atoms with Gasteiger partial charge in [0.1, 0.15) is 5.82 Å². The van der Waals surface area contributed by atoms with Gasteiger partial charge in [-0.3, -0.25) is 19.6 Å². The van der Waals surface area contributed by atoms with Crippen LogP contribution in [0.4, 0.5) is 5.82 Å². The lowest BCUT2D eigenvalue weighted by Crippen LogP contribution is -2.31. The maximum Gasteiger partial charge on any atom is 0.233 e. The van der Waals surface area contributed by atoms with Gasteiger partial charge in [-0.1, -0.05) is 13.3 Å². The summed E-state index contributed by atoms with van der Waals surface area (Å²) < 4.78 is 0. The molecule has 1 saturated carbocycles. The molecule has 2 amide bonds. The number of anilines is 1. The standard InChI is InChI=1S/C13H18N4O2/c1-2-7-3-9-10(4-7)13(19)17(12(9)18)6-8-5-15-16-11(8)14/h5,7,9-10H,2-4,6H2,1H3,(H3,14,15,16). The molecule has 6 nitrogen and oxygen atoms in total. The number of carbonyl (C=O) groups is 2. The average molecular weight is 262 g/mol. The van der Waals surface area contributed by atoms with Gasteiger partial charge < -0.3 is 5.73 Å². The molecule has 3 N–H and O–H groups in total. The summed E-state index contributed by atoms with van der Waals surface area (Å²) in [6.45, 7) is 2.36. The van der Waals surface area contributed by atoms with Gasteiger partial charge in [0.05, 0.1) is 24.6 Å². The molecule has 2 fully saturated rings. The van der Waals surface area contributed by atoms with Crippen LogP contribution < -0.4 is 5.73 Å². The van der Waals surface area contributed by atoms with Crippen LogP contribution in [0.2, 0.25) is 0 Å². The van der Waals surface area contributed by atoms with Crippen molar-refractivity contribution in [2.75, 3.05) is 5.73 Å². The van der Waals surface area contributed by atoms with E-state index in [9.17, 15) is 9.59 Å². The molecule has 0 spiro atoms. The fourth-order valence-electron chi connectivity index (χ4n) is 3.30. The molecule has 1 aliphatic heterocycles. The van der Waals surface area contributed by atoms with Gasteiger partial charge in [-0.2, -0.15) is 5.10 Å². The van der Waals surface area contributed by atoms with E-state index in [0.717, 1.165) is 19.3 Å². The molecule has 2 atom stereocenters. The highest BCUT2D eigenvalue weighted by molar-refractivity contribution is 6.05. The second-order valence-electron chi connectivity index (χ2n) is 5.53. The number of nitrogens with two attached hydrogens (primary N) is 1. The first-order valence-electron chi connectivity index (χ1n) is 6.74. The second kappa shape index (κ2) is 4.36. The third-order valence-corrected chi connectivity index (χ3v) is 4.48. The fraction of sp³-hybridized carbons (Fsp3) is 0.615. The quantitative estimate of drug-likeness (QED) is 0.792. The molecule has 1 aromatic rings. The Labute approximate surface area is 111 Å². The van der Waals surface area contributed by atoms with E-state index in [1.54, 1.807) is 6.20 Å². The molecule has 3 rings (SSSR count). The number of hydrogen-bond donors (Lipinski definition) is 2. The van der Waals surface area contributed by atoms with Crippen LogP contribution in [0.5, 0.6) is 0 Å². The van der Waals surface area contributed by atoms with E-state index in [1.165, 1.54) is 4.90 Å². The topological polar surface area (TPSA) is 92.1 Å². The van der Waals surface area contributed by atoms with Crippen LogP contribution in [-0.4, -0.2) is 26.9 Å².